The number of para-hydroxylation sites is 1. The van der Waals surface area contributed by atoms with E-state index in [9.17, 15) is 4.39 Å². The molecule has 0 saturated carbocycles. The molecule has 0 aliphatic heterocycles. The molecule has 0 atom stereocenters. The molecule has 4 rings (SSSR count). The van der Waals surface area contributed by atoms with Crippen molar-refractivity contribution < 1.29 is 4.39 Å². The Hall–Kier alpha value is -3.45. The second-order valence-electron chi connectivity index (χ2n) is 5.43. The van der Waals surface area contributed by atoms with Crippen molar-refractivity contribution in [1.82, 2.24) is 9.55 Å². The Labute approximate surface area is 138 Å². The van der Waals surface area contributed by atoms with E-state index < -0.39 is 0 Å². The van der Waals surface area contributed by atoms with Crippen molar-refractivity contribution in [2.75, 3.05) is 0 Å². The first-order chi connectivity index (χ1) is 11.8. The van der Waals surface area contributed by atoms with E-state index in [1.807, 2.05) is 41.0 Å². The largest absolute Gasteiger partial charge is 0.292 e. The van der Waals surface area contributed by atoms with Crippen LogP contribution in [0.3, 0.4) is 0 Å². The van der Waals surface area contributed by atoms with E-state index in [0.717, 1.165) is 22.3 Å². The van der Waals surface area contributed by atoms with Crippen molar-refractivity contribution in [3.05, 3.63) is 84.2 Å². The molecule has 0 unspecified atom stereocenters. The molecule has 0 aliphatic rings. The predicted molar refractivity (Wildman–Crippen MR) is 91.2 cm³/mol. The molecule has 0 fully saturated rings. The van der Waals surface area contributed by atoms with Gasteiger partial charge in [0.25, 0.3) is 0 Å². The van der Waals surface area contributed by atoms with Crippen LogP contribution in [0.5, 0.6) is 0 Å². The molecule has 1 aromatic heterocycles. The lowest BCUT2D eigenvalue weighted by Gasteiger charge is -2.09. The van der Waals surface area contributed by atoms with E-state index in [1.54, 1.807) is 24.3 Å². The number of fused-ring (bicyclic) bond motifs is 1. The van der Waals surface area contributed by atoms with Crippen LogP contribution >= 0.6 is 0 Å². The average Bonchev–Trinajstić information content (AvgIpc) is 3.01. The summed E-state index contributed by atoms with van der Waals surface area (Å²) in [7, 11) is 0. The van der Waals surface area contributed by atoms with Crippen LogP contribution < -0.4 is 0 Å². The van der Waals surface area contributed by atoms with Gasteiger partial charge >= 0.3 is 0 Å². The highest BCUT2D eigenvalue weighted by molar-refractivity contribution is 5.84. The lowest BCUT2D eigenvalue weighted by atomic mass is 10.2. The summed E-state index contributed by atoms with van der Waals surface area (Å²) >= 11 is 0. The van der Waals surface area contributed by atoms with Gasteiger partial charge in [-0.05, 0) is 54.6 Å². The minimum atomic E-state index is -0.284. The van der Waals surface area contributed by atoms with Crippen molar-refractivity contribution in [2.24, 2.45) is 0 Å². The standard InChI is InChI=1S/C20H12FN3/c21-16-9-7-15(8-10-16)20-23-18-12-14(13-22)6-11-19(18)24(20)17-4-2-1-3-5-17/h1-12H. The van der Waals surface area contributed by atoms with E-state index in [-0.39, 0.29) is 5.82 Å². The maximum absolute atomic E-state index is 13.3. The minimum Gasteiger partial charge on any atom is -0.292 e. The zero-order valence-electron chi connectivity index (χ0n) is 12.6. The number of benzene rings is 3. The molecule has 4 aromatic rings. The van der Waals surface area contributed by atoms with Crippen molar-refractivity contribution in [2.45, 2.75) is 0 Å². The first-order valence-electron chi connectivity index (χ1n) is 7.50. The van der Waals surface area contributed by atoms with Crippen molar-refractivity contribution >= 4 is 11.0 Å². The molecule has 0 bridgehead atoms. The van der Waals surface area contributed by atoms with Crippen molar-refractivity contribution in [3.8, 4) is 23.1 Å². The molecule has 0 N–H and O–H groups in total. The highest BCUT2D eigenvalue weighted by Crippen LogP contribution is 2.29. The van der Waals surface area contributed by atoms with Gasteiger partial charge in [0, 0.05) is 11.3 Å². The van der Waals surface area contributed by atoms with E-state index >= 15 is 0 Å². The molecule has 0 saturated heterocycles. The van der Waals surface area contributed by atoms with Gasteiger partial charge in [0.05, 0.1) is 22.7 Å². The fraction of sp³-hybridized carbons (Fsp3) is 0. The van der Waals surface area contributed by atoms with Crippen LogP contribution in [-0.2, 0) is 0 Å². The molecule has 3 nitrogen and oxygen atoms in total. The third kappa shape index (κ3) is 2.33. The van der Waals surface area contributed by atoms with Crippen LogP contribution in [0.15, 0.2) is 72.8 Å². The molecule has 0 radical (unpaired) electrons. The molecule has 3 aromatic carbocycles. The van der Waals surface area contributed by atoms with Crippen LogP contribution in [-0.4, -0.2) is 9.55 Å². The van der Waals surface area contributed by atoms with Gasteiger partial charge in [0.1, 0.15) is 11.6 Å². The van der Waals surface area contributed by atoms with Gasteiger partial charge in [-0.25, -0.2) is 9.37 Å². The van der Waals surface area contributed by atoms with Crippen LogP contribution in [0.25, 0.3) is 28.1 Å². The molecule has 0 amide bonds. The summed E-state index contributed by atoms with van der Waals surface area (Å²) in [6, 6.07) is 23.7. The normalized spacial score (nSPS) is 10.7. The van der Waals surface area contributed by atoms with Gasteiger partial charge in [-0.15, -0.1) is 0 Å². The quantitative estimate of drug-likeness (QED) is 0.538. The SMILES string of the molecule is N#Cc1ccc2c(c1)nc(-c1ccc(F)cc1)n2-c1ccccc1. The van der Waals surface area contributed by atoms with Crippen LogP contribution in [0.1, 0.15) is 5.56 Å². The Morgan fingerprint density at radius 1 is 0.917 bits per heavy atom. The summed E-state index contributed by atoms with van der Waals surface area (Å²) in [5.41, 5.74) is 3.97. The lowest BCUT2D eigenvalue weighted by Crippen LogP contribution is -1.97. The topological polar surface area (TPSA) is 41.6 Å². The third-order valence-electron chi connectivity index (χ3n) is 3.90. The zero-order valence-corrected chi connectivity index (χ0v) is 12.6. The number of imidazole rings is 1. The smallest absolute Gasteiger partial charge is 0.145 e. The summed E-state index contributed by atoms with van der Waals surface area (Å²) in [6.45, 7) is 0. The van der Waals surface area contributed by atoms with Gasteiger partial charge in [-0.2, -0.15) is 5.26 Å². The van der Waals surface area contributed by atoms with Crippen LogP contribution in [0.4, 0.5) is 4.39 Å². The minimum absolute atomic E-state index is 0.284. The van der Waals surface area contributed by atoms with Gasteiger partial charge in [0.2, 0.25) is 0 Å². The Morgan fingerprint density at radius 2 is 1.67 bits per heavy atom. The molecule has 1 heterocycles. The summed E-state index contributed by atoms with van der Waals surface area (Å²) < 4.78 is 15.3. The second-order valence-corrected chi connectivity index (χ2v) is 5.43. The number of nitrogens with zero attached hydrogens (tertiary/aromatic N) is 3. The Morgan fingerprint density at radius 3 is 2.38 bits per heavy atom. The number of rotatable bonds is 2. The van der Waals surface area contributed by atoms with Crippen LogP contribution in [0, 0.1) is 17.1 Å². The maximum atomic E-state index is 13.3. The summed E-state index contributed by atoms with van der Waals surface area (Å²) in [5, 5.41) is 9.11. The fourth-order valence-corrected chi connectivity index (χ4v) is 2.78. The maximum Gasteiger partial charge on any atom is 0.145 e. The van der Waals surface area contributed by atoms with E-state index in [4.69, 9.17) is 5.26 Å². The van der Waals surface area contributed by atoms with E-state index in [1.165, 1.54) is 12.1 Å². The zero-order chi connectivity index (χ0) is 16.5. The summed E-state index contributed by atoms with van der Waals surface area (Å²) in [6.07, 6.45) is 0. The van der Waals surface area contributed by atoms with Gasteiger partial charge in [-0.3, -0.25) is 4.57 Å². The third-order valence-corrected chi connectivity index (χ3v) is 3.90. The van der Waals surface area contributed by atoms with Crippen molar-refractivity contribution in [1.29, 1.82) is 5.26 Å². The van der Waals surface area contributed by atoms with Crippen molar-refractivity contribution in [3.63, 3.8) is 0 Å². The molecule has 24 heavy (non-hydrogen) atoms. The van der Waals surface area contributed by atoms with Crippen LogP contribution in [0.2, 0.25) is 0 Å². The molecule has 114 valence electrons. The monoisotopic (exact) mass is 313 g/mol. The van der Waals surface area contributed by atoms with Gasteiger partial charge in [-0.1, -0.05) is 18.2 Å². The number of hydrogen-bond donors (Lipinski definition) is 0. The Kier molecular flexibility index (Phi) is 3.33. The predicted octanol–water partition coefficient (Wildman–Crippen LogP) is 4.70. The average molecular weight is 313 g/mol. The number of hydrogen-bond acceptors (Lipinski definition) is 2. The summed E-state index contributed by atoms with van der Waals surface area (Å²) in [5.74, 6) is 0.430. The molecule has 4 heteroatoms. The summed E-state index contributed by atoms with van der Waals surface area (Å²) in [4.78, 5) is 4.69. The highest BCUT2D eigenvalue weighted by atomic mass is 19.1. The first-order valence-corrected chi connectivity index (χ1v) is 7.50. The molecular formula is C20H12FN3. The number of aromatic nitrogens is 2. The number of halogens is 1. The lowest BCUT2D eigenvalue weighted by molar-refractivity contribution is 0.628. The first kappa shape index (κ1) is 14.2. The van der Waals surface area contributed by atoms with E-state index in [2.05, 4.69) is 11.1 Å². The Bertz CT molecular complexity index is 1060. The molecular weight excluding hydrogens is 301 g/mol. The fourth-order valence-electron chi connectivity index (χ4n) is 2.78. The second kappa shape index (κ2) is 5.64. The molecule has 0 aliphatic carbocycles. The Balaban J connectivity index is 2.04. The van der Waals surface area contributed by atoms with Gasteiger partial charge in [0.15, 0.2) is 0 Å². The highest BCUT2D eigenvalue weighted by Gasteiger charge is 2.14. The van der Waals surface area contributed by atoms with E-state index in [0.29, 0.717) is 11.4 Å². The molecule has 0 spiro atoms. The number of nitriles is 1. The van der Waals surface area contributed by atoms with Gasteiger partial charge < -0.3 is 0 Å².